The van der Waals surface area contributed by atoms with E-state index in [0.717, 1.165) is 30.7 Å². The number of fused-ring (bicyclic) bond motifs is 1. The SMILES string of the molecule is CCNC1(C#N)CCc2ccc(OC)cc21. The number of rotatable bonds is 3. The van der Waals surface area contributed by atoms with Crippen LogP contribution in [-0.2, 0) is 12.0 Å². The second-order valence-corrected chi connectivity index (χ2v) is 4.07. The molecule has 3 nitrogen and oxygen atoms in total. The fraction of sp³-hybridized carbons (Fsp3) is 0.462. The lowest BCUT2D eigenvalue weighted by Gasteiger charge is -2.23. The van der Waals surface area contributed by atoms with Gasteiger partial charge >= 0.3 is 0 Å². The molecule has 1 aliphatic rings. The average molecular weight is 216 g/mol. The molecule has 3 heteroatoms. The molecule has 1 aliphatic carbocycles. The van der Waals surface area contributed by atoms with E-state index >= 15 is 0 Å². The van der Waals surface area contributed by atoms with Crippen LogP contribution in [0.4, 0.5) is 0 Å². The van der Waals surface area contributed by atoms with E-state index in [2.05, 4.69) is 17.5 Å². The third-order valence-electron chi connectivity index (χ3n) is 3.22. The van der Waals surface area contributed by atoms with Crippen LogP contribution in [0.25, 0.3) is 0 Å². The smallest absolute Gasteiger partial charge is 0.132 e. The maximum atomic E-state index is 9.40. The van der Waals surface area contributed by atoms with Crippen molar-refractivity contribution >= 4 is 0 Å². The maximum absolute atomic E-state index is 9.40. The van der Waals surface area contributed by atoms with Gasteiger partial charge in [0.05, 0.1) is 13.2 Å². The predicted molar refractivity (Wildman–Crippen MR) is 62.3 cm³/mol. The molecule has 0 saturated heterocycles. The third kappa shape index (κ3) is 1.56. The van der Waals surface area contributed by atoms with Crippen molar-refractivity contribution in [2.75, 3.05) is 13.7 Å². The van der Waals surface area contributed by atoms with Crippen LogP contribution in [0.2, 0.25) is 0 Å². The van der Waals surface area contributed by atoms with Crippen molar-refractivity contribution in [1.82, 2.24) is 5.32 Å². The van der Waals surface area contributed by atoms with Gasteiger partial charge in [-0.25, -0.2) is 0 Å². The summed E-state index contributed by atoms with van der Waals surface area (Å²) in [6, 6.07) is 8.42. The lowest BCUT2D eigenvalue weighted by atomic mass is 9.93. The van der Waals surface area contributed by atoms with Crippen LogP contribution in [0.1, 0.15) is 24.5 Å². The maximum Gasteiger partial charge on any atom is 0.132 e. The summed E-state index contributed by atoms with van der Waals surface area (Å²) in [7, 11) is 1.65. The molecule has 0 bridgehead atoms. The van der Waals surface area contributed by atoms with E-state index in [-0.39, 0.29) is 0 Å². The van der Waals surface area contributed by atoms with E-state index in [1.54, 1.807) is 7.11 Å². The van der Waals surface area contributed by atoms with Crippen molar-refractivity contribution in [2.24, 2.45) is 0 Å². The monoisotopic (exact) mass is 216 g/mol. The van der Waals surface area contributed by atoms with Gasteiger partial charge < -0.3 is 4.74 Å². The first-order valence-electron chi connectivity index (χ1n) is 5.59. The predicted octanol–water partition coefficient (Wildman–Crippen LogP) is 1.97. The normalized spacial score (nSPS) is 22.6. The van der Waals surface area contributed by atoms with E-state index < -0.39 is 5.54 Å². The Morgan fingerprint density at radius 1 is 1.56 bits per heavy atom. The minimum atomic E-state index is -0.515. The number of nitrogens with zero attached hydrogens (tertiary/aromatic N) is 1. The Morgan fingerprint density at radius 2 is 2.38 bits per heavy atom. The topological polar surface area (TPSA) is 45.0 Å². The van der Waals surface area contributed by atoms with E-state index in [4.69, 9.17) is 4.74 Å². The third-order valence-corrected chi connectivity index (χ3v) is 3.22. The molecule has 0 heterocycles. The molecule has 0 aliphatic heterocycles. The molecule has 2 rings (SSSR count). The van der Waals surface area contributed by atoms with Gasteiger partial charge in [-0.2, -0.15) is 5.26 Å². The Bertz CT molecular complexity index is 432. The van der Waals surface area contributed by atoms with Gasteiger partial charge in [-0.1, -0.05) is 13.0 Å². The molecule has 1 aromatic rings. The molecule has 0 aromatic heterocycles. The zero-order valence-electron chi connectivity index (χ0n) is 9.71. The fourth-order valence-corrected chi connectivity index (χ4v) is 2.40. The van der Waals surface area contributed by atoms with Crippen LogP contribution in [0.3, 0.4) is 0 Å². The minimum absolute atomic E-state index is 0.515. The van der Waals surface area contributed by atoms with Gasteiger partial charge in [-0.05, 0) is 42.6 Å². The fourth-order valence-electron chi connectivity index (χ4n) is 2.40. The van der Waals surface area contributed by atoms with Crippen molar-refractivity contribution in [3.05, 3.63) is 29.3 Å². The van der Waals surface area contributed by atoms with Crippen molar-refractivity contribution in [3.8, 4) is 11.8 Å². The Morgan fingerprint density at radius 3 is 3.00 bits per heavy atom. The Hall–Kier alpha value is -1.53. The first-order valence-corrected chi connectivity index (χ1v) is 5.59. The summed E-state index contributed by atoms with van der Waals surface area (Å²) in [5, 5.41) is 12.7. The van der Waals surface area contributed by atoms with E-state index in [9.17, 15) is 5.26 Å². The molecule has 84 valence electrons. The first-order chi connectivity index (χ1) is 7.75. The Balaban J connectivity index is 2.47. The van der Waals surface area contributed by atoms with Gasteiger partial charge in [-0.3, -0.25) is 5.32 Å². The first kappa shape index (κ1) is 11.0. The number of benzene rings is 1. The lowest BCUT2D eigenvalue weighted by Crippen LogP contribution is -2.38. The summed E-state index contributed by atoms with van der Waals surface area (Å²) in [5.41, 5.74) is 1.82. The quantitative estimate of drug-likeness (QED) is 0.840. The number of nitriles is 1. The van der Waals surface area contributed by atoms with Crippen molar-refractivity contribution < 1.29 is 4.74 Å². The summed E-state index contributed by atoms with van der Waals surface area (Å²) < 4.78 is 5.22. The van der Waals surface area contributed by atoms with Crippen LogP contribution < -0.4 is 10.1 Å². The van der Waals surface area contributed by atoms with Gasteiger partial charge in [0.2, 0.25) is 0 Å². The molecule has 16 heavy (non-hydrogen) atoms. The highest BCUT2D eigenvalue weighted by atomic mass is 16.5. The summed E-state index contributed by atoms with van der Waals surface area (Å²) >= 11 is 0. The van der Waals surface area contributed by atoms with Crippen LogP contribution >= 0.6 is 0 Å². The van der Waals surface area contributed by atoms with Gasteiger partial charge in [0.25, 0.3) is 0 Å². The minimum Gasteiger partial charge on any atom is -0.497 e. The molecule has 0 fully saturated rings. The van der Waals surface area contributed by atoms with Gasteiger partial charge in [0, 0.05) is 0 Å². The highest BCUT2D eigenvalue weighted by molar-refractivity contribution is 5.47. The molecular weight excluding hydrogens is 200 g/mol. The molecule has 1 N–H and O–H groups in total. The van der Waals surface area contributed by atoms with Crippen molar-refractivity contribution in [1.29, 1.82) is 5.26 Å². The largest absolute Gasteiger partial charge is 0.497 e. The van der Waals surface area contributed by atoms with E-state index in [1.165, 1.54) is 5.56 Å². The Kier molecular flexibility index (Phi) is 2.84. The second-order valence-electron chi connectivity index (χ2n) is 4.07. The zero-order valence-corrected chi connectivity index (χ0v) is 9.71. The molecule has 1 atom stereocenters. The Labute approximate surface area is 96.0 Å². The summed E-state index contributed by atoms with van der Waals surface area (Å²) in [5.74, 6) is 0.818. The van der Waals surface area contributed by atoms with Gasteiger partial charge in [-0.15, -0.1) is 0 Å². The number of aryl methyl sites for hydroxylation is 1. The van der Waals surface area contributed by atoms with Crippen LogP contribution in [0.5, 0.6) is 5.75 Å². The number of nitrogens with one attached hydrogen (secondary N) is 1. The average Bonchev–Trinajstić information content (AvgIpc) is 2.69. The number of ether oxygens (including phenoxy) is 1. The second kappa shape index (κ2) is 4.15. The molecule has 0 spiro atoms. The number of hydrogen-bond acceptors (Lipinski definition) is 3. The molecule has 1 unspecified atom stereocenters. The molecule has 0 amide bonds. The molecule has 0 radical (unpaired) electrons. The summed E-state index contributed by atoms with van der Waals surface area (Å²) in [6.07, 6.45) is 1.81. The highest BCUT2D eigenvalue weighted by Gasteiger charge is 2.38. The molecular formula is C13H16N2O. The molecule has 0 saturated carbocycles. The highest BCUT2D eigenvalue weighted by Crippen LogP contribution is 2.38. The lowest BCUT2D eigenvalue weighted by molar-refractivity contribution is 0.408. The zero-order chi connectivity index (χ0) is 11.6. The van der Waals surface area contributed by atoms with Crippen molar-refractivity contribution in [2.45, 2.75) is 25.3 Å². The van der Waals surface area contributed by atoms with Gasteiger partial charge in [0.1, 0.15) is 11.3 Å². The van der Waals surface area contributed by atoms with E-state index in [1.807, 2.05) is 19.1 Å². The van der Waals surface area contributed by atoms with Crippen molar-refractivity contribution in [3.63, 3.8) is 0 Å². The van der Waals surface area contributed by atoms with Crippen LogP contribution in [0, 0.1) is 11.3 Å². The standard InChI is InChI=1S/C13H16N2O/c1-3-15-13(9-14)7-6-10-4-5-11(16-2)8-12(10)13/h4-5,8,15H,3,6-7H2,1-2H3. The van der Waals surface area contributed by atoms with E-state index in [0.29, 0.717) is 0 Å². The number of methoxy groups -OCH3 is 1. The summed E-state index contributed by atoms with van der Waals surface area (Å²) in [6.45, 7) is 2.82. The number of hydrogen-bond donors (Lipinski definition) is 1. The van der Waals surface area contributed by atoms with Gasteiger partial charge in [0.15, 0.2) is 0 Å². The summed E-state index contributed by atoms with van der Waals surface area (Å²) in [4.78, 5) is 0. The van der Waals surface area contributed by atoms with Crippen LogP contribution in [0.15, 0.2) is 18.2 Å². The molecule has 1 aromatic carbocycles. The van der Waals surface area contributed by atoms with Crippen LogP contribution in [-0.4, -0.2) is 13.7 Å².